The van der Waals surface area contributed by atoms with E-state index in [-0.39, 0.29) is 61.3 Å². The smallest absolute Gasteiger partial charge is 0.326 e. The number of aliphatic carboxylic acids is 1. The number of hydrogen-bond donors (Lipinski definition) is 7. The first-order valence-electron chi connectivity index (χ1n) is 38.3. The number of hydrogen-bond acceptors (Lipinski definition) is 17. The number of nitrogens with two attached hydrogens (primary N) is 1. The summed E-state index contributed by atoms with van der Waals surface area (Å²) in [5.74, 6) is 0.187. The summed E-state index contributed by atoms with van der Waals surface area (Å²) in [5, 5.41) is 48.5. The summed E-state index contributed by atoms with van der Waals surface area (Å²) in [5.41, 5.74) is 9.59. The molecule has 0 bridgehead atoms. The van der Waals surface area contributed by atoms with Crippen LogP contribution in [0.4, 0.5) is 0 Å². The minimum absolute atomic E-state index is 0.0662. The molecule has 8 aliphatic rings. The molecule has 2 unspecified atom stereocenters. The Kier molecular flexibility index (Phi) is 28.1. The van der Waals surface area contributed by atoms with Gasteiger partial charge in [-0.3, -0.25) is 33.6 Å². The topological polar surface area (TPSA) is 327 Å². The zero-order valence-corrected chi connectivity index (χ0v) is 64.1. The van der Waals surface area contributed by atoms with Gasteiger partial charge < -0.3 is 66.0 Å². The molecular weight excluding hydrogens is 1310 g/mol. The molecule has 4 saturated carbocycles. The van der Waals surface area contributed by atoms with Crippen LogP contribution < -0.4 is 31.2 Å². The first-order valence-corrected chi connectivity index (χ1v) is 38.3. The van der Waals surface area contributed by atoms with E-state index in [1.54, 1.807) is 14.2 Å². The van der Waals surface area contributed by atoms with Gasteiger partial charge >= 0.3 is 5.97 Å². The van der Waals surface area contributed by atoms with Crippen molar-refractivity contribution in [1.29, 1.82) is 0 Å². The Morgan fingerprint density at radius 3 is 1.28 bits per heavy atom. The SMILES string of the molecule is CCC[C@H](N)C(O)C(=O)CC1CC1.CCC[C@H](NC(=O)[C@@H]1C[C@]2(CC(c3cc(C)c(OC)c(C)c3)=NO2)CN1C(=O)[C@@H](NC(=O)CC1CCCCC1)C(C)(C)C)C(O)C(=O)CC1CC1.COc1c(C)cc(C2=NO[C@]3(C2)C[C@@H](C(=O)O)N(C(=O)[C@@H](NC(=O)CC2CCCCC2)C(C)(C)C)C3)cc1C. The number of carboxylic acid groups (broad SMARTS) is 1. The van der Waals surface area contributed by atoms with E-state index in [2.05, 4.69) is 26.3 Å². The van der Waals surface area contributed by atoms with Crippen molar-refractivity contribution in [1.82, 2.24) is 25.8 Å². The monoisotopic (exact) mass is 1430 g/mol. The number of nitrogens with zero attached hydrogens (tertiary/aromatic N) is 4. The average molecular weight is 1440 g/mol. The Bertz CT molecular complexity index is 3360. The molecular formula is C80H122N8O15. The summed E-state index contributed by atoms with van der Waals surface area (Å²) in [6.07, 6.45) is 18.3. The highest BCUT2D eigenvalue weighted by Gasteiger charge is 2.58. The van der Waals surface area contributed by atoms with Gasteiger partial charge in [-0.25, -0.2) is 4.79 Å². The predicted molar refractivity (Wildman–Crippen MR) is 394 cm³/mol. The number of ketones is 2. The van der Waals surface area contributed by atoms with Crippen LogP contribution in [0.25, 0.3) is 0 Å². The molecule has 8 N–H and O–H groups in total. The van der Waals surface area contributed by atoms with Gasteiger partial charge in [-0.2, -0.15) is 0 Å². The van der Waals surface area contributed by atoms with E-state index in [4.69, 9.17) is 24.9 Å². The molecule has 103 heavy (non-hydrogen) atoms. The third kappa shape index (κ3) is 21.6. The first-order chi connectivity index (χ1) is 48.6. The van der Waals surface area contributed by atoms with Crippen LogP contribution in [0.5, 0.6) is 11.5 Å². The molecule has 572 valence electrons. The van der Waals surface area contributed by atoms with Gasteiger partial charge in [-0.05, 0) is 173 Å². The zero-order valence-electron chi connectivity index (χ0n) is 64.1. The lowest BCUT2D eigenvalue weighted by Gasteiger charge is -2.36. The molecule has 4 aliphatic heterocycles. The van der Waals surface area contributed by atoms with Crippen LogP contribution in [0.15, 0.2) is 34.6 Å². The second kappa shape index (κ2) is 35.4. The third-order valence-corrected chi connectivity index (χ3v) is 22.2. The number of Topliss-reactive ketones (excluding diaryl/α,β-unsaturated/α-hetero) is 2. The fourth-order valence-corrected chi connectivity index (χ4v) is 16.1. The van der Waals surface area contributed by atoms with Crippen LogP contribution in [0, 0.1) is 62.2 Å². The highest BCUT2D eigenvalue weighted by atomic mass is 16.7. The molecule has 2 saturated heterocycles. The highest BCUT2D eigenvalue weighted by Crippen LogP contribution is 2.44. The van der Waals surface area contributed by atoms with Crippen LogP contribution in [-0.2, 0) is 48.0 Å². The van der Waals surface area contributed by atoms with Crippen molar-refractivity contribution in [3.63, 3.8) is 0 Å². The number of benzene rings is 2. The molecule has 10 atom stereocenters. The quantitative estimate of drug-likeness (QED) is 0.0437. The van der Waals surface area contributed by atoms with Gasteiger partial charge in [0, 0.05) is 68.5 Å². The Hall–Kier alpha value is -6.98. The van der Waals surface area contributed by atoms with Gasteiger partial charge in [0.1, 0.15) is 47.9 Å². The summed E-state index contributed by atoms with van der Waals surface area (Å²) in [7, 11) is 3.28. The summed E-state index contributed by atoms with van der Waals surface area (Å²) >= 11 is 0. The fourth-order valence-electron chi connectivity index (χ4n) is 16.1. The highest BCUT2D eigenvalue weighted by molar-refractivity contribution is 6.04. The Morgan fingerprint density at radius 1 is 0.553 bits per heavy atom. The maximum absolute atomic E-state index is 14.7. The predicted octanol–water partition coefficient (Wildman–Crippen LogP) is 10.5. The van der Waals surface area contributed by atoms with Gasteiger partial charge in [0.25, 0.3) is 0 Å². The van der Waals surface area contributed by atoms with E-state index < -0.39 is 82.2 Å². The van der Waals surface area contributed by atoms with Crippen molar-refractivity contribution >= 4 is 58.5 Å². The van der Waals surface area contributed by atoms with Crippen LogP contribution in [0.2, 0.25) is 0 Å². The molecule has 2 aromatic rings. The van der Waals surface area contributed by atoms with E-state index in [1.807, 2.05) is 107 Å². The third-order valence-electron chi connectivity index (χ3n) is 22.2. The second-order valence-electron chi connectivity index (χ2n) is 33.6. The van der Waals surface area contributed by atoms with Crippen LogP contribution in [0.1, 0.15) is 256 Å². The number of amides is 5. The van der Waals surface area contributed by atoms with E-state index in [9.17, 15) is 53.7 Å². The fraction of sp³-hybridized carbons (Fsp3) is 0.725. The van der Waals surface area contributed by atoms with Crippen LogP contribution in [-0.4, -0.2) is 171 Å². The maximum Gasteiger partial charge on any atom is 0.326 e. The molecule has 23 heteroatoms. The second-order valence-corrected chi connectivity index (χ2v) is 33.6. The van der Waals surface area contributed by atoms with Crippen molar-refractivity contribution in [2.24, 2.45) is 50.5 Å². The number of carbonyl (C=O) groups is 8. The molecule has 6 fully saturated rings. The van der Waals surface area contributed by atoms with Gasteiger partial charge in [0.2, 0.25) is 29.5 Å². The van der Waals surface area contributed by atoms with Gasteiger partial charge in [0.05, 0.1) is 44.8 Å². The Morgan fingerprint density at radius 2 is 0.922 bits per heavy atom. The van der Waals surface area contributed by atoms with E-state index in [1.165, 1.54) is 22.6 Å². The molecule has 23 nitrogen and oxygen atoms in total. The maximum atomic E-state index is 14.7. The number of likely N-dealkylation sites (tertiary alicyclic amines) is 2. The van der Waals surface area contributed by atoms with Crippen molar-refractivity contribution in [2.45, 2.75) is 310 Å². The molecule has 4 aliphatic carbocycles. The number of aliphatic hydroxyl groups is 2. The number of methoxy groups -OCH3 is 2. The lowest BCUT2D eigenvalue weighted by Crippen LogP contribution is -2.59. The molecule has 0 radical (unpaired) electrons. The lowest BCUT2D eigenvalue weighted by atomic mass is 9.84. The number of carbonyl (C=O) groups excluding carboxylic acids is 7. The van der Waals surface area contributed by atoms with Gasteiger partial charge in [-0.15, -0.1) is 0 Å². The van der Waals surface area contributed by atoms with Crippen LogP contribution >= 0.6 is 0 Å². The van der Waals surface area contributed by atoms with Crippen molar-refractivity contribution in [3.05, 3.63) is 57.6 Å². The summed E-state index contributed by atoms with van der Waals surface area (Å²) in [6, 6.07) is 3.07. The van der Waals surface area contributed by atoms with Gasteiger partial charge in [-0.1, -0.05) is 117 Å². The number of oxime groups is 2. The number of ether oxygens (including phenoxy) is 2. The molecule has 10 rings (SSSR count). The Balaban J connectivity index is 0.000000227. The average Bonchev–Trinajstić information content (AvgIpc) is 1.61. The van der Waals surface area contributed by atoms with Crippen molar-refractivity contribution in [3.8, 4) is 11.5 Å². The normalized spacial score (nSPS) is 23.8. The summed E-state index contributed by atoms with van der Waals surface area (Å²) in [6.45, 7) is 23.4. The molecule has 5 amide bonds. The number of rotatable bonds is 27. The summed E-state index contributed by atoms with van der Waals surface area (Å²) in [4.78, 5) is 121. The number of carboxylic acids is 1. The number of nitrogens with one attached hydrogen (secondary N) is 3. The van der Waals surface area contributed by atoms with E-state index >= 15 is 0 Å². The number of aryl methyl sites for hydroxylation is 4. The van der Waals surface area contributed by atoms with Crippen molar-refractivity contribution in [2.75, 3.05) is 27.3 Å². The van der Waals surface area contributed by atoms with E-state index in [0.717, 1.165) is 146 Å². The minimum Gasteiger partial charge on any atom is -0.496 e. The molecule has 0 aromatic heterocycles. The largest absolute Gasteiger partial charge is 0.496 e. The van der Waals surface area contributed by atoms with Gasteiger partial charge in [0.15, 0.2) is 22.8 Å². The standard InChI is InChI=1S/C40H60N4O7.C30H43N3O6.C10H19NO2/c1-8-12-29(34(47)32(45)19-27-15-16-27)41-37(48)31-22-40(21-30(43-51-40)28-17-24(2)35(50-7)25(3)18-28)23-44(31)38(49)36(39(4,5)6)42-33(46)20-26-13-10-9-11-14-26;1-18-12-21(13-19(2)25(18)38-6)22-15-30(39-32-22)16-23(28(36)37)33(17-30)27(35)26(29(3,4)5)31-24(34)14-20-10-8-7-9-11-20;1-2-3-8(11)10(13)9(12)6-7-4-5-7/h17-18,26-27,29,31,34,36,47H,8-16,19-23H2,1-7H3,(H,41,48)(H,42,46);12-13,20,23,26H,7-11,14-17H2,1-6H3,(H,31,34)(H,36,37);7-8,10,13H,2-6,11H2,1H3/t29-,31-,34?,36+,40+;23-,26+,30+;8-,10?/m000/s1. The number of aliphatic hydroxyl groups excluding tert-OH is 2. The van der Waals surface area contributed by atoms with Crippen molar-refractivity contribution < 1.29 is 72.8 Å². The molecule has 2 aromatic carbocycles. The van der Waals surface area contributed by atoms with Crippen LogP contribution in [0.3, 0.4) is 0 Å². The summed E-state index contributed by atoms with van der Waals surface area (Å²) < 4.78 is 11.0. The Labute approximate surface area is 611 Å². The van der Waals surface area contributed by atoms with E-state index in [0.29, 0.717) is 75.0 Å². The molecule has 2 spiro atoms. The minimum atomic E-state index is -1.32. The molecule has 4 heterocycles. The lowest BCUT2D eigenvalue weighted by molar-refractivity contribution is -0.150. The first kappa shape index (κ1) is 81.7. The zero-order chi connectivity index (χ0) is 75.5.